The van der Waals surface area contributed by atoms with Crippen molar-refractivity contribution in [2.75, 3.05) is 13.1 Å². The number of hydrogen-bond donors (Lipinski definition) is 0. The van der Waals surface area contributed by atoms with Gasteiger partial charge in [0, 0.05) is 29.5 Å². The highest BCUT2D eigenvalue weighted by atomic mass is 16.6. The lowest BCUT2D eigenvalue weighted by atomic mass is 9.99. The van der Waals surface area contributed by atoms with E-state index in [1.807, 2.05) is 0 Å². The molecule has 4 nitrogen and oxygen atoms in total. The van der Waals surface area contributed by atoms with Gasteiger partial charge in [-0.1, -0.05) is 6.85 Å². The van der Waals surface area contributed by atoms with Gasteiger partial charge in [-0.2, -0.15) is 0 Å². The van der Waals surface area contributed by atoms with Gasteiger partial charge in [-0.05, 0) is 20.8 Å². The molecule has 1 atom stereocenters. The molecule has 0 aromatic heterocycles. The predicted molar refractivity (Wildman–Crippen MR) is 56.6 cm³/mol. The Morgan fingerprint density at radius 1 is 1.60 bits per heavy atom. The second-order valence-corrected chi connectivity index (χ2v) is 4.70. The summed E-state index contributed by atoms with van der Waals surface area (Å²) in [6, 6.07) is 0. The number of hydrogen-bond acceptors (Lipinski definition) is 3. The van der Waals surface area contributed by atoms with Crippen LogP contribution in [0.15, 0.2) is 0 Å². The minimum Gasteiger partial charge on any atom is -0.444 e. The number of nitrogens with zero attached hydrogens (tertiary/aromatic N) is 1. The van der Waals surface area contributed by atoms with Crippen LogP contribution in [-0.4, -0.2) is 35.5 Å². The number of ether oxygens (including phenoxy) is 1. The molecule has 15 heavy (non-hydrogen) atoms. The van der Waals surface area contributed by atoms with E-state index in [2.05, 4.69) is 0 Å². The molecular formula is C11H19NO3. The summed E-state index contributed by atoms with van der Waals surface area (Å²) in [5, 5.41) is 0. The molecule has 1 rings (SSSR count). The van der Waals surface area contributed by atoms with Gasteiger partial charge in [-0.25, -0.2) is 4.79 Å². The molecular weight excluding hydrogens is 194 g/mol. The third-order valence-electron chi connectivity index (χ3n) is 2.07. The van der Waals surface area contributed by atoms with Crippen LogP contribution in [0.5, 0.6) is 0 Å². The third kappa shape index (κ3) is 3.53. The van der Waals surface area contributed by atoms with Gasteiger partial charge < -0.3 is 9.64 Å². The molecule has 1 heterocycles. The number of ketones is 1. The summed E-state index contributed by atoms with van der Waals surface area (Å²) >= 11 is 0. The van der Waals surface area contributed by atoms with Crippen LogP contribution in [0, 0.1) is 5.92 Å². The lowest BCUT2D eigenvalue weighted by Gasteiger charge is -2.32. The van der Waals surface area contributed by atoms with Crippen LogP contribution in [0.3, 0.4) is 0 Å². The molecule has 1 aliphatic rings. The summed E-state index contributed by atoms with van der Waals surface area (Å²) in [5.74, 6) is -1.41. The second kappa shape index (κ2) is 4.21. The molecule has 4 heteroatoms. The highest BCUT2D eigenvalue weighted by Crippen LogP contribution is 2.16. The van der Waals surface area contributed by atoms with E-state index >= 15 is 0 Å². The van der Waals surface area contributed by atoms with Crippen molar-refractivity contribution in [2.24, 2.45) is 5.92 Å². The van der Waals surface area contributed by atoms with Crippen LogP contribution >= 0.6 is 0 Å². The third-order valence-corrected chi connectivity index (χ3v) is 2.07. The van der Waals surface area contributed by atoms with Crippen LogP contribution in [0.1, 0.15) is 38.2 Å². The Kier molecular flexibility index (Phi) is 2.28. The first-order valence-corrected chi connectivity index (χ1v) is 5.01. The number of Topliss-reactive ketones (excluding diaryl/α,β-unsaturated/α-hetero) is 1. The van der Waals surface area contributed by atoms with Gasteiger partial charge in [-0.3, -0.25) is 4.79 Å². The van der Waals surface area contributed by atoms with E-state index < -0.39 is 24.5 Å². The van der Waals surface area contributed by atoms with Gasteiger partial charge in [0.2, 0.25) is 0 Å². The van der Waals surface area contributed by atoms with Crippen LogP contribution in [-0.2, 0) is 9.53 Å². The summed E-state index contributed by atoms with van der Waals surface area (Å²) in [7, 11) is 0. The van der Waals surface area contributed by atoms with E-state index in [-0.39, 0.29) is 25.3 Å². The highest BCUT2D eigenvalue weighted by Gasteiger charge is 2.29. The monoisotopic (exact) mass is 216 g/mol. The Bertz CT molecular complexity index is 346. The van der Waals surface area contributed by atoms with Crippen molar-refractivity contribution in [3.8, 4) is 0 Å². The zero-order valence-corrected chi connectivity index (χ0v) is 9.37. The zero-order valence-electron chi connectivity index (χ0n) is 12.4. The van der Waals surface area contributed by atoms with E-state index in [9.17, 15) is 9.59 Å². The molecule has 1 fully saturated rings. The van der Waals surface area contributed by atoms with Crippen molar-refractivity contribution in [2.45, 2.75) is 39.6 Å². The molecule has 0 aliphatic carbocycles. The summed E-state index contributed by atoms with van der Waals surface area (Å²) in [6.07, 6.45) is -0.494. The minimum atomic E-state index is -2.36. The molecule has 1 aliphatic heterocycles. The average Bonchev–Trinajstić information content (AvgIpc) is 2.13. The number of likely N-dealkylation sites (tertiary alicyclic amines) is 1. The van der Waals surface area contributed by atoms with Gasteiger partial charge in [-0.15, -0.1) is 0 Å². The summed E-state index contributed by atoms with van der Waals surface area (Å²) in [6.45, 7) is 2.98. The van der Waals surface area contributed by atoms with Crippen LogP contribution in [0.4, 0.5) is 4.79 Å². The van der Waals surface area contributed by atoms with Crippen molar-refractivity contribution in [1.29, 1.82) is 0 Å². The van der Waals surface area contributed by atoms with Crippen LogP contribution < -0.4 is 0 Å². The van der Waals surface area contributed by atoms with E-state index in [4.69, 9.17) is 8.85 Å². The first kappa shape index (κ1) is 8.13. The molecule has 1 unspecified atom stereocenters. The van der Waals surface area contributed by atoms with Crippen LogP contribution in [0.25, 0.3) is 0 Å². The summed E-state index contributed by atoms with van der Waals surface area (Å²) < 4.78 is 27.1. The first-order chi connectivity index (χ1) is 8.00. The standard InChI is InChI=1S/C11H19NO3/c1-8-7-12(6-5-9(8)13)10(14)15-11(2,3)4/h8H,5-7H2,1-4H3/i1D3. The summed E-state index contributed by atoms with van der Waals surface area (Å²) in [5.41, 5.74) is -0.631. The molecule has 0 N–H and O–H groups in total. The lowest BCUT2D eigenvalue weighted by molar-refractivity contribution is -0.125. The van der Waals surface area contributed by atoms with Gasteiger partial charge >= 0.3 is 6.09 Å². The molecule has 0 radical (unpaired) electrons. The molecule has 0 aromatic rings. The Morgan fingerprint density at radius 3 is 2.80 bits per heavy atom. The quantitative estimate of drug-likeness (QED) is 0.620. The first-order valence-electron chi connectivity index (χ1n) is 6.51. The van der Waals surface area contributed by atoms with Crippen molar-refractivity contribution < 1.29 is 18.4 Å². The largest absolute Gasteiger partial charge is 0.444 e. The van der Waals surface area contributed by atoms with Crippen molar-refractivity contribution in [1.82, 2.24) is 4.90 Å². The Balaban J connectivity index is 2.71. The van der Waals surface area contributed by atoms with Gasteiger partial charge in [0.05, 0.1) is 0 Å². The van der Waals surface area contributed by atoms with Gasteiger partial charge in [0.15, 0.2) is 0 Å². The minimum absolute atomic E-state index is 0.0717. The van der Waals surface area contributed by atoms with Crippen LogP contribution in [0.2, 0.25) is 0 Å². The SMILES string of the molecule is [2H]C([2H])([2H])C1CN(C(=O)OC(C)(C)C)CCC1=O. The maximum Gasteiger partial charge on any atom is 0.410 e. The van der Waals surface area contributed by atoms with Crippen molar-refractivity contribution >= 4 is 11.9 Å². The number of carbonyl (C=O) groups excluding carboxylic acids is 2. The number of amides is 1. The molecule has 0 bridgehead atoms. The molecule has 86 valence electrons. The summed E-state index contributed by atoms with van der Waals surface area (Å²) in [4.78, 5) is 24.7. The maximum atomic E-state index is 11.8. The van der Waals surface area contributed by atoms with E-state index in [0.29, 0.717) is 0 Å². The molecule has 1 amide bonds. The van der Waals surface area contributed by atoms with Crippen molar-refractivity contribution in [3.63, 3.8) is 0 Å². The van der Waals surface area contributed by atoms with E-state index in [1.165, 1.54) is 4.90 Å². The van der Waals surface area contributed by atoms with E-state index in [1.54, 1.807) is 20.8 Å². The number of carbonyl (C=O) groups is 2. The fourth-order valence-corrected chi connectivity index (χ4v) is 1.33. The van der Waals surface area contributed by atoms with Crippen molar-refractivity contribution in [3.05, 3.63) is 0 Å². The van der Waals surface area contributed by atoms with Gasteiger partial charge in [0.25, 0.3) is 0 Å². The highest BCUT2D eigenvalue weighted by molar-refractivity contribution is 5.83. The maximum absolute atomic E-state index is 11.8. The lowest BCUT2D eigenvalue weighted by Crippen LogP contribution is -2.45. The number of rotatable bonds is 0. The predicted octanol–water partition coefficient (Wildman–Crippen LogP) is 1.83. The normalized spacial score (nSPS) is 26.6. The smallest absolute Gasteiger partial charge is 0.410 e. The molecule has 0 spiro atoms. The number of piperidine rings is 1. The Labute approximate surface area is 94.8 Å². The van der Waals surface area contributed by atoms with Gasteiger partial charge in [0.1, 0.15) is 11.4 Å². The average molecular weight is 216 g/mol. The van der Waals surface area contributed by atoms with E-state index in [0.717, 1.165) is 0 Å². The second-order valence-electron chi connectivity index (χ2n) is 4.70. The fraction of sp³-hybridized carbons (Fsp3) is 0.818. The Morgan fingerprint density at radius 2 is 2.27 bits per heavy atom. The molecule has 1 saturated heterocycles. The Hall–Kier alpha value is -1.06. The molecule has 0 aromatic carbocycles. The fourth-order valence-electron chi connectivity index (χ4n) is 1.33. The zero-order chi connectivity index (χ0) is 14.1. The molecule has 0 saturated carbocycles. The topological polar surface area (TPSA) is 46.6 Å².